The van der Waals surface area contributed by atoms with Crippen molar-refractivity contribution in [1.82, 2.24) is 9.80 Å². The quantitative estimate of drug-likeness (QED) is 0.677. The third-order valence-corrected chi connectivity index (χ3v) is 4.09. The highest BCUT2D eigenvalue weighted by molar-refractivity contribution is 5.60. The number of ether oxygens (including phenoxy) is 1. The number of hydrogen-bond donors (Lipinski definition) is 0. The maximum Gasteiger partial charge on any atom is 0.129 e. The van der Waals surface area contributed by atoms with Gasteiger partial charge in [-0.3, -0.25) is 4.90 Å². The lowest BCUT2D eigenvalue weighted by atomic mass is 9.88. The Morgan fingerprint density at radius 2 is 2.29 bits per heavy atom. The molecule has 0 radical (unpaired) electrons. The molecule has 2 aliphatic heterocycles. The first kappa shape index (κ1) is 13.0. The molecule has 0 saturated carbocycles. The number of carbonyl (C=O) groups is 1. The van der Waals surface area contributed by atoms with E-state index in [4.69, 9.17) is 4.74 Å². The average Bonchev–Trinajstić information content (AvgIpc) is 2.70. The molecule has 2 fully saturated rings. The summed E-state index contributed by atoms with van der Waals surface area (Å²) in [6.07, 6.45) is 3.20. The minimum Gasteiger partial charge on any atom is -0.380 e. The van der Waals surface area contributed by atoms with Crippen LogP contribution in [0.5, 0.6) is 0 Å². The minimum absolute atomic E-state index is 0.239. The van der Waals surface area contributed by atoms with Crippen LogP contribution in [0.2, 0.25) is 0 Å². The van der Waals surface area contributed by atoms with Crippen LogP contribution < -0.4 is 0 Å². The average molecular weight is 240 g/mol. The van der Waals surface area contributed by atoms with Crippen LogP contribution in [0.3, 0.4) is 0 Å². The molecule has 0 N–H and O–H groups in total. The number of rotatable bonds is 3. The maximum atomic E-state index is 11.3. The first-order chi connectivity index (χ1) is 8.15. The lowest BCUT2D eigenvalue weighted by Crippen LogP contribution is -2.45. The molecule has 98 valence electrons. The summed E-state index contributed by atoms with van der Waals surface area (Å²) in [6.45, 7) is 7.82. The van der Waals surface area contributed by atoms with Gasteiger partial charge in [0, 0.05) is 25.7 Å². The number of carbonyl (C=O) groups excluding carboxylic acids is 1. The van der Waals surface area contributed by atoms with E-state index in [-0.39, 0.29) is 5.41 Å². The summed E-state index contributed by atoms with van der Waals surface area (Å²) in [5.41, 5.74) is -0.239. The fraction of sp³-hybridized carbons (Fsp3) is 0.923. The van der Waals surface area contributed by atoms with Gasteiger partial charge in [0.2, 0.25) is 0 Å². The van der Waals surface area contributed by atoms with E-state index in [1.165, 1.54) is 6.42 Å². The Labute approximate surface area is 104 Å². The highest BCUT2D eigenvalue weighted by atomic mass is 16.5. The van der Waals surface area contributed by atoms with Gasteiger partial charge in [0.15, 0.2) is 0 Å². The molecule has 4 nitrogen and oxygen atoms in total. The molecule has 2 heterocycles. The summed E-state index contributed by atoms with van der Waals surface area (Å²) in [5, 5.41) is 0. The SMILES string of the molecule is CC1CN(C)CCCN1CC1(C=O)CCOC1. The first-order valence-corrected chi connectivity index (χ1v) is 6.62. The Morgan fingerprint density at radius 1 is 1.47 bits per heavy atom. The molecule has 0 amide bonds. The van der Waals surface area contributed by atoms with Crippen molar-refractivity contribution < 1.29 is 9.53 Å². The van der Waals surface area contributed by atoms with Crippen molar-refractivity contribution in [2.45, 2.75) is 25.8 Å². The molecule has 2 saturated heterocycles. The van der Waals surface area contributed by atoms with Crippen LogP contribution in [0.4, 0.5) is 0 Å². The van der Waals surface area contributed by atoms with Gasteiger partial charge in [-0.2, -0.15) is 0 Å². The van der Waals surface area contributed by atoms with Crippen molar-refractivity contribution in [2.24, 2.45) is 5.41 Å². The van der Waals surface area contributed by atoms with Crippen LogP contribution in [-0.2, 0) is 9.53 Å². The third kappa shape index (κ3) is 3.06. The molecule has 2 unspecified atom stereocenters. The molecule has 2 atom stereocenters. The van der Waals surface area contributed by atoms with Crippen molar-refractivity contribution in [3.05, 3.63) is 0 Å². The predicted octanol–water partition coefficient (Wildman–Crippen LogP) is 0.618. The van der Waals surface area contributed by atoms with Crippen molar-refractivity contribution >= 4 is 6.29 Å². The van der Waals surface area contributed by atoms with Crippen LogP contribution in [0, 0.1) is 5.41 Å². The monoisotopic (exact) mass is 240 g/mol. The summed E-state index contributed by atoms with van der Waals surface area (Å²) < 4.78 is 5.41. The second kappa shape index (κ2) is 5.46. The van der Waals surface area contributed by atoms with Gasteiger partial charge in [-0.05, 0) is 39.9 Å². The fourth-order valence-corrected chi connectivity index (χ4v) is 2.94. The van der Waals surface area contributed by atoms with Crippen molar-refractivity contribution in [3.8, 4) is 0 Å². The zero-order chi connectivity index (χ0) is 12.3. The molecule has 0 aromatic rings. The smallest absolute Gasteiger partial charge is 0.129 e. The normalized spacial score (nSPS) is 36.9. The molecular formula is C13H24N2O2. The van der Waals surface area contributed by atoms with E-state index in [2.05, 4.69) is 23.8 Å². The molecule has 0 bridgehead atoms. The molecule has 4 heteroatoms. The van der Waals surface area contributed by atoms with E-state index in [1.54, 1.807) is 0 Å². The van der Waals surface area contributed by atoms with Gasteiger partial charge in [0.05, 0.1) is 12.0 Å². The number of nitrogens with zero attached hydrogens (tertiary/aromatic N) is 2. The number of aldehydes is 1. The first-order valence-electron chi connectivity index (χ1n) is 6.62. The Balaban J connectivity index is 1.98. The van der Waals surface area contributed by atoms with E-state index in [0.717, 1.165) is 45.5 Å². The summed E-state index contributed by atoms with van der Waals surface area (Å²) in [5.74, 6) is 0. The zero-order valence-electron chi connectivity index (χ0n) is 11.0. The van der Waals surface area contributed by atoms with Gasteiger partial charge in [-0.1, -0.05) is 0 Å². The second-order valence-electron chi connectivity index (χ2n) is 5.72. The highest BCUT2D eigenvalue weighted by Crippen LogP contribution is 2.28. The van der Waals surface area contributed by atoms with E-state index >= 15 is 0 Å². The molecule has 2 aliphatic rings. The number of hydrogen-bond acceptors (Lipinski definition) is 4. The summed E-state index contributed by atoms with van der Waals surface area (Å²) in [6, 6.07) is 0.528. The van der Waals surface area contributed by atoms with Crippen molar-refractivity contribution in [3.63, 3.8) is 0 Å². The Hall–Kier alpha value is -0.450. The van der Waals surface area contributed by atoms with Gasteiger partial charge in [-0.15, -0.1) is 0 Å². The van der Waals surface area contributed by atoms with E-state index in [0.29, 0.717) is 12.6 Å². The summed E-state index contributed by atoms with van der Waals surface area (Å²) >= 11 is 0. The van der Waals surface area contributed by atoms with E-state index in [1.807, 2.05) is 0 Å². The largest absolute Gasteiger partial charge is 0.380 e. The molecule has 0 aromatic heterocycles. The topological polar surface area (TPSA) is 32.8 Å². The lowest BCUT2D eigenvalue weighted by Gasteiger charge is -2.33. The number of likely N-dealkylation sites (N-methyl/N-ethyl adjacent to an activating group) is 1. The van der Waals surface area contributed by atoms with Gasteiger partial charge in [-0.25, -0.2) is 0 Å². The van der Waals surface area contributed by atoms with E-state index in [9.17, 15) is 4.79 Å². The van der Waals surface area contributed by atoms with Gasteiger partial charge in [0.1, 0.15) is 6.29 Å². The van der Waals surface area contributed by atoms with E-state index < -0.39 is 0 Å². The van der Waals surface area contributed by atoms with Crippen LogP contribution in [0.15, 0.2) is 0 Å². The van der Waals surface area contributed by atoms with Gasteiger partial charge < -0.3 is 14.4 Å². The zero-order valence-corrected chi connectivity index (χ0v) is 11.0. The minimum atomic E-state index is -0.239. The van der Waals surface area contributed by atoms with Gasteiger partial charge in [0.25, 0.3) is 0 Å². The van der Waals surface area contributed by atoms with Crippen LogP contribution in [0.1, 0.15) is 19.8 Å². The molecule has 17 heavy (non-hydrogen) atoms. The Bertz CT molecular complexity index is 264. The maximum absolute atomic E-state index is 11.3. The standard InChI is InChI=1S/C13H24N2O2/c1-12-8-14(2)5-3-6-15(12)9-13(10-16)4-7-17-11-13/h10,12H,3-9,11H2,1-2H3. The van der Waals surface area contributed by atoms with Crippen LogP contribution in [-0.4, -0.2) is 68.6 Å². The van der Waals surface area contributed by atoms with Crippen LogP contribution >= 0.6 is 0 Å². The summed E-state index contributed by atoms with van der Waals surface area (Å²) in [7, 11) is 2.17. The molecule has 0 spiro atoms. The molecular weight excluding hydrogens is 216 g/mol. The summed E-state index contributed by atoms with van der Waals surface area (Å²) in [4.78, 5) is 16.2. The van der Waals surface area contributed by atoms with Crippen molar-refractivity contribution in [2.75, 3.05) is 46.4 Å². The van der Waals surface area contributed by atoms with Crippen molar-refractivity contribution in [1.29, 1.82) is 0 Å². The van der Waals surface area contributed by atoms with Crippen LogP contribution in [0.25, 0.3) is 0 Å². The predicted molar refractivity (Wildman–Crippen MR) is 67.1 cm³/mol. The molecule has 0 aromatic carbocycles. The fourth-order valence-electron chi connectivity index (χ4n) is 2.94. The Kier molecular flexibility index (Phi) is 4.17. The molecule has 2 rings (SSSR count). The Morgan fingerprint density at radius 3 is 2.94 bits per heavy atom. The third-order valence-electron chi connectivity index (χ3n) is 4.09. The van der Waals surface area contributed by atoms with Gasteiger partial charge >= 0.3 is 0 Å². The second-order valence-corrected chi connectivity index (χ2v) is 5.72. The lowest BCUT2D eigenvalue weighted by molar-refractivity contribution is -0.117. The highest BCUT2D eigenvalue weighted by Gasteiger charge is 2.37. The molecule has 0 aliphatic carbocycles.